The second-order valence-corrected chi connectivity index (χ2v) is 5.50. The Hall–Kier alpha value is -1.93. The maximum atomic E-state index is 11.4. The van der Waals surface area contributed by atoms with Crippen LogP contribution in [0.5, 0.6) is 0 Å². The first-order valence-corrected chi connectivity index (χ1v) is 6.90. The molecule has 0 aliphatic heterocycles. The van der Waals surface area contributed by atoms with E-state index in [1.807, 2.05) is 0 Å². The molecule has 7 nitrogen and oxygen atoms in total. The Morgan fingerprint density at radius 2 is 1.95 bits per heavy atom. The minimum Gasteiger partial charge on any atom is -0.481 e. The number of aliphatic carboxylic acids is 1. The average Bonchev–Trinajstić information content (AvgIpc) is 2.27. The van der Waals surface area contributed by atoms with E-state index in [4.69, 9.17) is 10.2 Å². The molecule has 0 radical (unpaired) electrons. The smallest absolute Gasteiger partial charge is 0.303 e. The van der Waals surface area contributed by atoms with E-state index in [-0.39, 0.29) is 23.4 Å². The Kier molecular flexibility index (Phi) is 4.62. The second-order valence-electron chi connectivity index (χ2n) is 3.97. The van der Waals surface area contributed by atoms with Gasteiger partial charge in [0.15, 0.2) is 0 Å². The lowest BCUT2D eigenvalue weighted by Crippen LogP contribution is -2.16. The molecule has 1 aromatic rings. The van der Waals surface area contributed by atoms with Crippen LogP contribution in [0.25, 0.3) is 0 Å². The number of hydrogen-bond acceptors (Lipinski definition) is 4. The summed E-state index contributed by atoms with van der Waals surface area (Å²) in [7, 11) is -3.86. The van der Waals surface area contributed by atoms with Crippen molar-refractivity contribution in [1.29, 1.82) is 0 Å². The number of benzene rings is 1. The van der Waals surface area contributed by atoms with Gasteiger partial charge in [0.2, 0.25) is 15.9 Å². The molecule has 0 aliphatic rings. The molecule has 0 fully saturated rings. The normalized spacial score (nSPS) is 11.1. The highest BCUT2D eigenvalue weighted by Gasteiger charge is 2.13. The molecule has 0 saturated carbocycles. The molecule has 104 valence electrons. The Morgan fingerprint density at radius 3 is 2.47 bits per heavy atom. The van der Waals surface area contributed by atoms with E-state index in [1.165, 1.54) is 18.2 Å². The molecule has 4 N–H and O–H groups in total. The summed E-state index contributed by atoms with van der Waals surface area (Å²) < 4.78 is 22.6. The molecule has 8 heteroatoms. The van der Waals surface area contributed by atoms with Crippen LogP contribution in [0.15, 0.2) is 23.1 Å². The van der Waals surface area contributed by atoms with Gasteiger partial charge in [0.1, 0.15) is 0 Å². The molecule has 0 spiro atoms. The standard InChI is InChI=1S/C11H14N2O5S/c1-7-2-3-8(6-9(7)19(12,17)18)13-10(14)4-5-11(15)16/h2-3,6H,4-5H2,1H3,(H,13,14)(H,15,16)(H2,12,17,18). The zero-order chi connectivity index (χ0) is 14.6. The molecule has 0 atom stereocenters. The van der Waals surface area contributed by atoms with E-state index in [1.54, 1.807) is 6.92 Å². The third kappa shape index (κ3) is 4.68. The van der Waals surface area contributed by atoms with Gasteiger partial charge in [-0.25, -0.2) is 13.6 Å². The molecule has 1 aromatic carbocycles. The highest BCUT2D eigenvalue weighted by molar-refractivity contribution is 7.89. The zero-order valence-electron chi connectivity index (χ0n) is 10.2. The van der Waals surface area contributed by atoms with Gasteiger partial charge >= 0.3 is 5.97 Å². The SMILES string of the molecule is Cc1ccc(NC(=O)CCC(=O)O)cc1S(N)(=O)=O. The van der Waals surface area contributed by atoms with Crippen LogP contribution >= 0.6 is 0 Å². The van der Waals surface area contributed by atoms with Crippen molar-refractivity contribution in [3.05, 3.63) is 23.8 Å². The molecule has 0 aromatic heterocycles. The maximum Gasteiger partial charge on any atom is 0.303 e. The summed E-state index contributed by atoms with van der Waals surface area (Å²) in [6.07, 6.45) is -0.479. The van der Waals surface area contributed by atoms with E-state index in [2.05, 4.69) is 5.32 Å². The molecule has 1 amide bonds. The van der Waals surface area contributed by atoms with Crippen molar-refractivity contribution in [2.75, 3.05) is 5.32 Å². The number of amides is 1. The number of aryl methyl sites for hydroxylation is 1. The van der Waals surface area contributed by atoms with Gasteiger partial charge in [0.05, 0.1) is 11.3 Å². The monoisotopic (exact) mass is 286 g/mol. The number of hydrogen-bond donors (Lipinski definition) is 3. The highest BCUT2D eigenvalue weighted by Crippen LogP contribution is 2.19. The van der Waals surface area contributed by atoms with E-state index < -0.39 is 21.9 Å². The number of primary sulfonamides is 1. The summed E-state index contributed by atoms with van der Waals surface area (Å²) in [5.74, 6) is -1.59. The molecule has 0 aliphatic carbocycles. The van der Waals surface area contributed by atoms with Gasteiger partial charge in [-0.1, -0.05) is 6.07 Å². The first-order chi connectivity index (χ1) is 8.70. The van der Waals surface area contributed by atoms with Crippen LogP contribution in [-0.4, -0.2) is 25.4 Å². The fraction of sp³-hybridized carbons (Fsp3) is 0.273. The lowest BCUT2D eigenvalue weighted by Gasteiger charge is -2.08. The van der Waals surface area contributed by atoms with Crippen molar-refractivity contribution < 1.29 is 23.1 Å². The maximum absolute atomic E-state index is 11.4. The second kappa shape index (κ2) is 5.81. The lowest BCUT2D eigenvalue weighted by molar-refractivity contribution is -0.138. The number of sulfonamides is 1. The Labute approximate surface area is 110 Å². The topological polar surface area (TPSA) is 127 Å². The summed E-state index contributed by atoms with van der Waals surface area (Å²) in [6, 6.07) is 4.26. The molecule has 0 saturated heterocycles. The Balaban J connectivity index is 2.86. The number of anilines is 1. The van der Waals surface area contributed by atoms with Crippen LogP contribution in [0, 0.1) is 6.92 Å². The van der Waals surface area contributed by atoms with Gasteiger partial charge in [0.25, 0.3) is 0 Å². The van der Waals surface area contributed by atoms with Crippen molar-refractivity contribution in [2.45, 2.75) is 24.7 Å². The first kappa shape index (κ1) is 15.1. The molecule has 0 heterocycles. The fourth-order valence-electron chi connectivity index (χ4n) is 1.43. The zero-order valence-corrected chi connectivity index (χ0v) is 11.0. The Bertz CT molecular complexity index is 610. The van der Waals surface area contributed by atoms with Gasteiger partial charge in [-0.3, -0.25) is 9.59 Å². The Morgan fingerprint density at radius 1 is 1.32 bits per heavy atom. The number of nitrogens with two attached hydrogens (primary N) is 1. The highest BCUT2D eigenvalue weighted by atomic mass is 32.2. The minimum atomic E-state index is -3.86. The average molecular weight is 286 g/mol. The predicted octanol–water partition coefficient (Wildman–Crippen LogP) is 0.446. The summed E-state index contributed by atoms with van der Waals surface area (Å²) in [5.41, 5.74) is 0.719. The van der Waals surface area contributed by atoms with Crippen molar-refractivity contribution in [1.82, 2.24) is 0 Å². The van der Waals surface area contributed by atoms with Gasteiger partial charge in [-0.2, -0.15) is 0 Å². The summed E-state index contributed by atoms with van der Waals surface area (Å²) in [6.45, 7) is 1.58. The van der Waals surface area contributed by atoms with E-state index in [0.717, 1.165) is 0 Å². The molecular weight excluding hydrogens is 272 g/mol. The first-order valence-electron chi connectivity index (χ1n) is 5.35. The van der Waals surface area contributed by atoms with Gasteiger partial charge in [-0.05, 0) is 24.6 Å². The lowest BCUT2D eigenvalue weighted by atomic mass is 10.2. The van der Waals surface area contributed by atoms with Crippen LogP contribution in [0.4, 0.5) is 5.69 Å². The predicted molar refractivity (Wildman–Crippen MR) is 68.1 cm³/mol. The van der Waals surface area contributed by atoms with Crippen LogP contribution in [0.1, 0.15) is 18.4 Å². The number of carboxylic acids is 1. The number of carbonyl (C=O) groups excluding carboxylic acids is 1. The van der Waals surface area contributed by atoms with Gasteiger partial charge in [0, 0.05) is 12.1 Å². The van der Waals surface area contributed by atoms with Crippen LogP contribution in [0.3, 0.4) is 0 Å². The van der Waals surface area contributed by atoms with Crippen molar-refractivity contribution >= 4 is 27.6 Å². The largest absolute Gasteiger partial charge is 0.481 e. The van der Waals surface area contributed by atoms with Crippen LogP contribution in [0.2, 0.25) is 0 Å². The third-order valence-corrected chi connectivity index (χ3v) is 3.40. The third-order valence-electron chi connectivity index (χ3n) is 2.34. The summed E-state index contributed by atoms with van der Waals surface area (Å²) in [4.78, 5) is 21.6. The van der Waals surface area contributed by atoms with E-state index >= 15 is 0 Å². The minimum absolute atomic E-state index is 0.0801. The number of rotatable bonds is 5. The summed E-state index contributed by atoms with van der Waals surface area (Å²) in [5, 5.41) is 15.9. The van der Waals surface area contributed by atoms with E-state index in [0.29, 0.717) is 5.56 Å². The van der Waals surface area contributed by atoms with Gasteiger partial charge < -0.3 is 10.4 Å². The summed E-state index contributed by atoms with van der Waals surface area (Å²) >= 11 is 0. The van der Waals surface area contributed by atoms with Crippen molar-refractivity contribution in [3.8, 4) is 0 Å². The van der Waals surface area contributed by atoms with Crippen LogP contribution in [-0.2, 0) is 19.6 Å². The number of carbonyl (C=O) groups is 2. The molecule has 0 bridgehead atoms. The quantitative estimate of drug-likeness (QED) is 0.724. The number of carboxylic acid groups (broad SMARTS) is 1. The molecule has 19 heavy (non-hydrogen) atoms. The number of nitrogens with one attached hydrogen (secondary N) is 1. The van der Waals surface area contributed by atoms with Crippen LogP contribution < -0.4 is 10.5 Å². The molecule has 0 unspecified atom stereocenters. The van der Waals surface area contributed by atoms with Gasteiger partial charge in [-0.15, -0.1) is 0 Å². The molecular formula is C11H14N2O5S. The van der Waals surface area contributed by atoms with E-state index in [9.17, 15) is 18.0 Å². The van der Waals surface area contributed by atoms with Crippen molar-refractivity contribution in [2.24, 2.45) is 5.14 Å². The fourth-order valence-corrected chi connectivity index (χ4v) is 2.24. The van der Waals surface area contributed by atoms with Crippen molar-refractivity contribution in [3.63, 3.8) is 0 Å². The molecule has 1 rings (SSSR count).